The van der Waals surface area contributed by atoms with Crippen LogP contribution in [0.3, 0.4) is 0 Å². The first-order valence-electron chi connectivity index (χ1n) is 5.88. The fraction of sp³-hybridized carbons (Fsp3) is 0.462. The maximum absolute atomic E-state index is 11.6. The Kier molecular flexibility index (Phi) is 4.90. The lowest BCUT2D eigenvalue weighted by Crippen LogP contribution is -2.29. The summed E-state index contributed by atoms with van der Waals surface area (Å²) in [6.07, 6.45) is 1.71. The quantitative estimate of drug-likeness (QED) is 0.879. The monoisotopic (exact) mass is 269 g/mol. The highest BCUT2D eigenvalue weighted by Crippen LogP contribution is 2.15. The maximum atomic E-state index is 11.6. The van der Waals surface area contributed by atoms with E-state index in [1.807, 2.05) is 13.8 Å². The molecule has 0 radical (unpaired) electrons. The molecule has 0 aromatic heterocycles. The van der Waals surface area contributed by atoms with E-state index >= 15 is 0 Å². The van der Waals surface area contributed by atoms with Crippen LogP contribution >= 0.6 is 0 Å². The molecule has 0 bridgehead atoms. The van der Waals surface area contributed by atoms with E-state index in [9.17, 15) is 13.2 Å². The summed E-state index contributed by atoms with van der Waals surface area (Å²) >= 11 is 0. The van der Waals surface area contributed by atoms with E-state index in [-0.39, 0.29) is 11.8 Å². The molecule has 0 spiro atoms. The van der Waals surface area contributed by atoms with Gasteiger partial charge in [0.2, 0.25) is 5.91 Å². The summed E-state index contributed by atoms with van der Waals surface area (Å²) in [4.78, 5) is 11.7. The minimum atomic E-state index is -3.21. The first kappa shape index (κ1) is 14.7. The van der Waals surface area contributed by atoms with Crippen molar-refractivity contribution in [2.24, 2.45) is 5.92 Å². The number of carbonyl (C=O) groups is 1. The third-order valence-electron chi connectivity index (χ3n) is 2.59. The van der Waals surface area contributed by atoms with E-state index in [4.69, 9.17) is 0 Å². The predicted molar refractivity (Wildman–Crippen MR) is 71.1 cm³/mol. The van der Waals surface area contributed by atoms with Gasteiger partial charge in [0.15, 0.2) is 9.84 Å². The van der Waals surface area contributed by atoms with Crippen LogP contribution in [-0.2, 0) is 21.1 Å². The van der Waals surface area contributed by atoms with E-state index in [0.29, 0.717) is 17.9 Å². The maximum Gasteiger partial charge on any atom is 0.222 e. The van der Waals surface area contributed by atoms with Gasteiger partial charge in [-0.25, -0.2) is 8.42 Å². The van der Waals surface area contributed by atoms with Crippen LogP contribution in [0.25, 0.3) is 0 Å². The van der Waals surface area contributed by atoms with Gasteiger partial charge in [-0.15, -0.1) is 0 Å². The second kappa shape index (κ2) is 6.00. The summed E-state index contributed by atoms with van der Waals surface area (Å²) in [5.41, 5.74) is 0.740. The van der Waals surface area contributed by atoms with Crippen molar-refractivity contribution in [2.75, 3.05) is 12.8 Å². The smallest absolute Gasteiger partial charge is 0.222 e. The molecule has 0 aliphatic heterocycles. The summed E-state index contributed by atoms with van der Waals surface area (Å²) in [5, 5.41) is 2.78. The molecule has 0 unspecified atom stereocenters. The van der Waals surface area contributed by atoms with Crippen molar-refractivity contribution in [2.45, 2.75) is 25.2 Å². The molecule has 1 amide bonds. The summed E-state index contributed by atoms with van der Waals surface area (Å²) in [7, 11) is -3.21. The van der Waals surface area contributed by atoms with Gasteiger partial charge in [0.25, 0.3) is 0 Å². The molecule has 1 rings (SSSR count). The second-order valence-corrected chi connectivity index (χ2v) is 6.56. The van der Waals surface area contributed by atoms with Gasteiger partial charge in [-0.2, -0.15) is 0 Å². The number of benzene rings is 1. The zero-order chi connectivity index (χ0) is 13.8. The Morgan fingerprint density at radius 3 is 2.44 bits per heavy atom. The molecule has 18 heavy (non-hydrogen) atoms. The van der Waals surface area contributed by atoms with Gasteiger partial charge < -0.3 is 5.32 Å². The summed E-state index contributed by atoms with van der Waals surface area (Å²) < 4.78 is 23.1. The lowest BCUT2D eigenvalue weighted by atomic mass is 10.1. The lowest BCUT2D eigenvalue weighted by molar-refractivity contribution is -0.123. The molecular formula is C13H19NO3S. The Labute approximate surface area is 108 Å². The van der Waals surface area contributed by atoms with Crippen molar-refractivity contribution < 1.29 is 13.2 Å². The predicted octanol–water partition coefficient (Wildman–Crippen LogP) is 1.40. The molecule has 1 N–H and O–H groups in total. The molecule has 0 aliphatic rings. The fourth-order valence-corrected chi connectivity index (χ4v) is 2.57. The molecule has 0 saturated heterocycles. The van der Waals surface area contributed by atoms with Crippen LogP contribution in [0.2, 0.25) is 0 Å². The molecule has 1 aromatic carbocycles. The third kappa shape index (κ3) is 4.14. The molecule has 0 saturated carbocycles. The number of carbonyl (C=O) groups excluding carboxylic acids is 1. The SMILES string of the molecule is CC(C)C(=O)NCCc1ccccc1S(C)(=O)=O. The number of amides is 1. The minimum absolute atomic E-state index is 0.0214. The minimum Gasteiger partial charge on any atom is -0.356 e. The molecule has 0 fully saturated rings. The van der Waals surface area contributed by atoms with Crippen molar-refractivity contribution in [3.05, 3.63) is 29.8 Å². The van der Waals surface area contributed by atoms with Crippen molar-refractivity contribution in [3.8, 4) is 0 Å². The number of rotatable bonds is 5. The molecule has 4 nitrogen and oxygen atoms in total. The molecular weight excluding hydrogens is 250 g/mol. The Bertz CT molecular complexity index is 521. The molecule has 0 atom stereocenters. The number of sulfone groups is 1. The van der Waals surface area contributed by atoms with Gasteiger partial charge in [-0.05, 0) is 18.1 Å². The second-order valence-electron chi connectivity index (χ2n) is 4.58. The van der Waals surface area contributed by atoms with Gasteiger partial charge in [0, 0.05) is 18.7 Å². The number of hydrogen-bond acceptors (Lipinski definition) is 3. The molecule has 100 valence electrons. The number of hydrogen-bond donors (Lipinski definition) is 1. The van der Waals surface area contributed by atoms with E-state index in [0.717, 1.165) is 5.56 Å². The molecule has 0 heterocycles. The van der Waals surface area contributed by atoms with Crippen LogP contribution in [0.15, 0.2) is 29.2 Å². The largest absolute Gasteiger partial charge is 0.356 e. The van der Waals surface area contributed by atoms with Gasteiger partial charge in [-0.3, -0.25) is 4.79 Å². The molecule has 0 aliphatic carbocycles. The standard InChI is InChI=1S/C13H19NO3S/c1-10(2)13(15)14-9-8-11-6-4-5-7-12(11)18(3,16)17/h4-7,10H,8-9H2,1-3H3,(H,14,15). The zero-order valence-corrected chi connectivity index (χ0v) is 11.8. The Balaban J connectivity index is 2.72. The topological polar surface area (TPSA) is 63.2 Å². The fourth-order valence-electron chi connectivity index (χ4n) is 1.60. The van der Waals surface area contributed by atoms with E-state index < -0.39 is 9.84 Å². The van der Waals surface area contributed by atoms with Crippen molar-refractivity contribution in [3.63, 3.8) is 0 Å². The van der Waals surface area contributed by atoms with E-state index in [1.165, 1.54) is 6.26 Å². The van der Waals surface area contributed by atoms with Crippen molar-refractivity contribution in [1.29, 1.82) is 0 Å². The summed E-state index contributed by atoms with van der Waals surface area (Å²) in [6.45, 7) is 4.09. The van der Waals surface area contributed by atoms with Gasteiger partial charge in [0.05, 0.1) is 4.90 Å². The molecule has 5 heteroatoms. The van der Waals surface area contributed by atoms with Crippen molar-refractivity contribution in [1.82, 2.24) is 5.32 Å². The molecule has 1 aromatic rings. The highest BCUT2D eigenvalue weighted by atomic mass is 32.2. The van der Waals surface area contributed by atoms with Crippen LogP contribution in [-0.4, -0.2) is 27.1 Å². The lowest BCUT2D eigenvalue weighted by Gasteiger charge is -2.10. The van der Waals surface area contributed by atoms with Crippen LogP contribution in [0.4, 0.5) is 0 Å². The zero-order valence-electron chi connectivity index (χ0n) is 10.9. The van der Waals surface area contributed by atoms with Crippen LogP contribution in [0.5, 0.6) is 0 Å². The first-order chi connectivity index (χ1) is 8.32. The van der Waals surface area contributed by atoms with Gasteiger partial charge >= 0.3 is 0 Å². The van der Waals surface area contributed by atoms with E-state index in [1.54, 1.807) is 24.3 Å². The number of nitrogens with one attached hydrogen (secondary N) is 1. The Morgan fingerprint density at radius 2 is 1.89 bits per heavy atom. The van der Waals surface area contributed by atoms with Crippen LogP contribution in [0.1, 0.15) is 19.4 Å². The summed E-state index contributed by atoms with van der Waals surface area (Å²) in [5.74, 6) is -0.0815. The van der Waals surface area contributed by atoms with Crippen molar-refractivity contribution >= 4 is 15.7 Å². The average Bonchev–Trinajstić information content (AvgIpc) is 2.28. The van der Waals surface area contributed by atoms with E-state index in [2.05, 4.69) is 5.32 Å². The van der Waals surface area contributed by atoms with Gasteiger partial charge in [-0.1, -0.05) is 32.0 Å². The Hall–Kier alpha value is -1.36. The van der Waals surface area contributed by atoms with Gasteiger partial charge in [0.1, 0.15) is 0 Å². The highest BCUT2D eigenvalue weighted by molar-refractivity contribution is 7.90. The first-order valence-corrected chi connectivity index (χ1v) is 7.77. The average molecular weight is 269 g/mol. The normalized spacial score (nSPS) is 11.6. The Morgan fingerprint density at radius 1 is 1.28 bits per heavy atom. The highest BCUT2D eigenvalue weighted by Gasteiger charge is 2.12. The van der Waals surface area contributed by atoms with Crippen LogP contribution in [0, 0.1) is 5.92 Å². The third-order valence-corrected chi connectivity index (χ3v) is 3.79. The summed E-state index contributed by atoms with van der Waals surface area (Å²) in [6, 6.07) is 6.87. The van der Waals surface area contributed by atoms with Crippen LogP contribution < -0.4 is 5.32 Å².